The molecule has 1 fully saturated rings. The maximum absolute atomic E-state index is 12.8. The smallest absolute Gasteiger partial charge is 0.253 e. The van der Waals surface area contributed by atoms with Gasteiger partial charge in [0.1, 0.15) is 0 Å². The lowest BCUT2D eigenvalue weighted by Crippen LogP contribution is -2.35. The summed E-state index contributed by atoms with van der Waals surface area (Å²) in [7, 11) is -1.86. The Bertz CT molecular complexity index is 907. The minimum atomic E-state index is -3.56. The summed E-state index contributed by atoms with van der Waals surface area (Å²) in [6.07, 6.45) is 2.81. The average molecular weight is 407 g/mol. The van der Waals surface area contributed by atoms with Gasteiger partial charge in [0.2, 0.25) is 10.0 Å². The largest absolute Gasteiger partial charge is 0.337 e. The molecule has 1 aliphatic rings. The Hall–Kier alpha value is -1.89. The lowest BCUT2D eigenvalue weighted by atomic mass is 10.1. The average Bonchev–Trinajstić information content (AvgIpc) is 2.70. The third kappa shape index (κ3) is 4.69. The highest BCUT2D eigenvalue weighted by molar-refractivity contribution is 7.89. The number of amides is 1. The molecule has 1 heterocycles. The molecule has 2 aromatic carbocycles. The molecule has 5 nitrogen and oxygen atoms in total. The van der Waals surface area contributed by atoms with Gasteiger partial charge in [-0.25, -0.2) is 8.42 Å². The SMILES string of the molecule is CN(Cc1ccc(Cl)cc1)C(=O)c1cccc(S(=O)(=O)N2CCCCC2)c1. The predicted molar refractivity (Wildman–Crippen MR) is 106 cm³/mol. The van der Waals surface area contributed by atoms with Gasteiger partial charge in [-0.3, -0.25) is 4.79 Å². The highest BCUT2D eigenvalue weighted by atomic mass is 35.5. The van der Waals surface area contributed by atoms with E-state index >= 15 is 0 Å². The summed E-state index contributed by atoms with van der Waals surface area (Å²) >= 11 is 5.89. The number of hydrogen-bond donors (Lipinski definition) is 0. The van der Waals surface area contributed by atoms with Crippen LogP contribution in [0, 0.1) is 0 Å². The second-order valence-electron chi connectivity index (χ2n) is 6.78. The van der Waals surface area contributed by atoms with Crippen molar-refractivity contribution < 1.29 is 13.2 Å². The lowest BCUT2D eigenvalue weighted by molar-refractivity contribution is 0.0785. The molecule has 0 radical (unpaired) electrons. The molecule has 0 unspecified atom stereocenters. The molecule has 27 heavy (non-hydrogen) atoms. The van der Waals surface area contributed by atoms with E-state index in [2.05, 4.69) is 0 Å². The topological polar surface area (TPSA) is 57.7 Å². The molecule has 7 heteroatoms. The van der Waals surface area contributed by atoms with Gasteiger partial charge >= 0.3 is 0 Å². The molecule has 144 valence electrons. The first-order chi connectivity index (χ1) is 12.9. The van der Waals surface area contributed by atoms with Crippen molar-refractivity contribution in [2.24, 2.45) is 0 Å². The van der Waals surface area contributed by atoms with Crippen molar-refractivity contribution >= 4 is 27.5 Å². The van der Waals surface area contributed by atoms with Crippen molar-refractivity contribution in [2.45, 2.75) is 30.7 Å². The Labute approximate surface area is 165 Å². The molecule has 1 aliphatic heterocycles. The summed E-state index contributed by atoms with van der Waals surface area (Å²) in [4.78, 5) is 14.5. The number of sulfonamides is 1. The van der Waals surface area contributed by atoms with Crippen molar-refractivity contribution in [3.8, 4) is 0 Å². The molecule has 0 aliphatic carbocycles. The van der Waals surface area contributed by atoms with Gasteiger partial charge in [0.05, 0.1) is 4.90 Å². The number of hydrogen-bond acceptors (Lipinski definition) is 3. The Balaban J connectivity index is 1.77. The summed E-state index contributed by atoms with van der Waals surface area (Å²) in [5.74, 6) is -0.222. The van der Waals surface area contributed by atoms with Gasteiger partial charge in [-0.1, -0.05) is 36.2 Å². The van der Waals surface area contributed by atoms with Crippen LogP contribution in [0.2, 0.25) is 5.02 Å². The van der Waals surface area contributed by atoms with E-state index in [4.69, 9.17) is 11.6 Å². The van der Waals surface area contributed by atoms with Crippen molar-refractivity contribution in [2.75, 3.05) is 20.1 Å². The van der Waals surface area contributed by atoms with E-state index in [-0.39, 0.29) is 10.8 Å². The summed E-state index contributed by atoms with van der Waals surface area (Å²) in [6.45, 7) is 1.49. The van der Waals surface area contributed by atoms with Crippen LogP contribution in [-0.2, 0) is 16.6 Å². The van der Waals surface area contributed by atoms with Gasteiger partial charge in [-0.2, -0.15) is 4.31 Å². The molecule has 1 amide bonds. The fraction of sp³-hybridized carbons (Fsp3) is 0.350. The van der Waals surface area contributed by atoms with E-state index in [1.165, 1.54) is 10.4 Å². The fourth-order valence-corrected chi connectivity index (χ4v) is 4.89. The highest BCUT2D eigenvalue weighted by Crippen LogP contribution is 2.22. The molecule has 0 atom stereocenters. The zero-order valence-electron chi connectivity index (χ0n) is 15.3. The van der Waals surface area contributed by atoms with E-state index in [0.29, 0.717) is 30.2 Å². The van der Waals surface area contributed by atoms with Crippen molar-refractivity contribution in [1.29, 1.82) is 0 Å². The Morgan fingerprint density at radius 2 is 1.74 bits per heavy atom. The fourth-order valence-electron chi connectivity index (χ4n) is 3.20. The normalized spacial score (nSPS) is 15.5. The number of carbonyl (C=O) groups excluding carboxylic acids is 1. The molecule has 0 aromatic heterocycles. The molecular weight excluding hydrogens is 384 g/mol. The van der Waals surface area contributed by atoms with Crippen LogP contribution in [0.25, 0.3) is 0 Å². The van der Waals surface area contributed by atoms with Crippen molar-refractivity contribution in [3.63, 3.8) is 0 Å². The van der Waals surface area contributed by atoms with Gasteiger partial charge in [-0.15, -0.1) is 0 Å². The first kappa shape index (κ1) is 19.9. The second-order valence-corrected chi connectivity index (χ2v) is 9.15. The number of benzene rings is 2. The molecule has 0 N–H and O–H groups in total. The molecule has 1 saturated heterocycles. The number of carbonyl (C=O) groups is 1. The molecule has 2 aromatic rings. The maximum Gasteiger partial charge on any atom is 0.253 e. The Kier molecular flexibility index (Phi) is 6.19. The summed E-state index contributed by atoms with van der Waals surface area (Å²) in [5, 5.41) is 0.642. The van der Waals surface area contributed by atoms with Crippen molar-refractivity contribution in [1.82, 2.24) is 9.21 Å². The van der Waals surface area contributed by atoms with E-state index in [1.807, 2.05) is 12.1 Å². The molecular formula is C20H23ClN2O3S. The summed E-state index contributed by atoms with van der Waals surface area (Å²) in [5.41, 5.74) is 1.32. The first-order valence-corrected chi connectivity index (χ1v) is 10.8. The third-order valence-electron chi connectivity index (χ3n) is 4.71. The third-order valence-corrected chi connectivity index (χ3v) is 6.86. The zero-order valence-corrected chi connectivity index (χ0v) is 16.8. The van der Waals surface area contributed by atoms with Crippen LogP contribution < -0.4 is 0 Å². The standard InChI is InChI=1S/C20H23ClN2O3S/c1-22(15-16-8-10-18(21)11-9-16)20(24)17-6-5-7-19(14-17)27(25,26)23-12-3-2-4-13-23/h5-11,14H,2-4,12-13,15H2,1H3. The molecule has 0 spiro atoms. The van der Waals surface area contributed by atoms with Crippen LogP contribution in [0.5, 0.6) is 0 Å². The van der Waals surface area contributed by atoms with E-state index < -0.39 is 10.0 Å². The van der Waals surface area contributed by atoms with Crippen LogP contribution in [0.4, 0.5) is 0 Å². The Morgan fingerprint density at radius 3 is 2.41 bits per heavy atom. The number of nitrogens with zero attached hydrogens (tertiary/aromatic N) is 2. The number of piperidine rings is 1. The Morgan fingerprint density at radius 1 is 1.07 bits per heavy atom. The minimum Gasteiger partial charge on any atom is -0.337 e. The summed E-state index contributed by atoms with van der Waals surface area (Å²) < 4.78 is 27.2. The van der Waals surface area contributed by atoms with Gasteiger partial charge in [0, 0.05) is 37.3 Å². The van der Waals surface area contributed by atoms with E-state index in [9.17, 15) is 13.2 Å². The minimum absolute atomic E-state index is 0.176. The maximum atomic E-state index is 12.8. The van der Waals surface area contributed by atoms with Crippen LogP contribution in [0.15, 0.2) is 53.4 Å². The van der Waals surface area contributed by atoms with Crippen LogP contribution in [-0.4, -0.2) is 43.7 Å². The lowest BCUT2D eigenvalue weighted by Gasteiger charge is -2.26. The van der Waals surface area contributed by atoms with Crippen LogP contribution >= 0.6 is 11.6 Å². The molecule has 0 saturated carbocycles. The number of halogens is 1. The molecule has 3 rings (SSSR count). The van der Waals surface area contributed by atoms with Gasteiger partial charge < -0.3 is 4.90 Å². The number of rotatable bonds is 5. The highest BCUT2D eigenvalue weighted by Gasteiger charge is 2.26. The van der Waals surface area contributed by atoms with Gasteiger partial charge in [0.15, 0.2) is 0 Å². The zero-order chi connectivity index (χ0) is 19.4. The quantitative estimate of drug-likeness (QED) is 0.759. The van der Waals surface area contributed by atoms with Crippen LogP contribution in [0.1, 0.15) is 35.2 Å². The first-order valence-electron chi connectivity index (χ1n) is 8.98. The molecule has 0 bridgehead atoms. The predicted octanol–water partition coefficient (Wildman–Crippen LogP) is 3.79. The summed E-state index contributed by atoms with van der Waals surface area (Å²) in [6, 6.07) is 13.6. The van der Waals surface area contributed by atoms with E-state index in [1.54, 1.807) is 42.3 Å². The van der Waals surface area contributed by atoms with Gasteiger partial charge in [-0.05, 0) is 48.7 Å². The van der Waals surface area contributed by atoms with Crippen molar-refractivity contribution in [3.05, 3.63) is 64.7 Å². The van der Waals surface area contributed by atoms with Crippen LogP contribution in [0.3, 0.4) is 0 Å². The van der Waals surface area contributed by atoms with Gasteiger partial charge in [0.25, 0.3) is 5.91 Å². The van der Waals surface area contributed by atoms with E-state index in [0.717, 1.165) is 24.8 Å². The second kappa shape index (κ2) is 8.42. The monoisotopic (exact) mass is 406 g/mol.